The molecule has 0 aromatic carbocycles. The summed E-state index contributed by atoms with van der Waals surface area (Å²) in [6, 6.07) is 0.523. The molecule has 1 saturated carbocycles. The molecule has 0 aromatic heterocycles. The average Bonchev–Trinajstić information content (AvgIpc) is 2.77. The third-order valence-corrected chi connectivity index (χ3v) is 4.98. The highest BCUT2D eigenvalue weighted by Gasteiger charge is 2.45. The van der Waals surface area contributed by atoms with E-state index in [-0.39, 0.29) is 12.2 Å². The number of carbonyl (C=O) groups excluding carboxylic acids is 1. The summed E-state index contributed by atoms with van der Waals surface area (Å²) in [5, 5.41) is 3.61. The van der Waals surface area contributed by atoms with E-state index >= 15 is 0 Å². The predicted molar refractivity (Wildman–Crippen MR) is 78.7 cm³/mol. The van der Waals surface area contributed by atoms with Gasteiger partial charge in [0, 0.05) is 6.04 Å². The summed E-state index contributed by atoms with van der Waals surface area (Å²) in [5.74, 6) is 1.28. The summed E-state index contributed by atoms with van der Waals surface area (Å²) in [4.78, 5) is 15.0. The summed E-state index contributed by atoms with van der Waals surface area (Å²) in [6.07, 6.45) is 7.61. The van der Waals surface area contributed by atoms with Gasteiger partial charge < -0.3 is 4.90 Å². The van der Waals surface area contributed by atoms with Crippen LogP contribution in [0.25, 0.3) is 0 Å². The van der Waals surface area contributed by atoms with E-state index in [0.29, 0.717) is 23.8 Å². The maximum absolute atomic E-state index is 12.8. The fourth-order valence-electron chi connectivity index (χ4n) is 3.56. The molecule has 1 heterocycles. The maximum Gasteiger partial charge on any atom is 0.241 e. The van der Waals surface area contributed by atoms with Crippen molar-refractivity contribution in [1.29, 1.82) is 0 Å². The van der Waals surface area contributed by atoms with Crippen molar-refractivity contribution >= 4 is 5.91 Å². The quantitative estimate of drug-likeness (QED) is 0.848. The topological polar surface area (TPSA) is 32.3 Å². The van der Waals surface area contributed by atoms with E-state index in [0.717, 1.165) is 6.42 Å². The first kappa shape index (κ1) is 14.8. The minimum Gasteiger partial charge on any atom is -0.323 e. The van der Waals surface area contributed by atoms with E-state index < -0.39 is 0 Å². The lowest BCUT2D eigenvalue weighted by molar-refractivity contribution is -0.134. The molecule has 0 spiro atoms. The molecule has 110 valence electrons. The fraction of sp³-hybridized carbons (Fsp3) is 0.938. The van der Waals surface area contributed by atoms with Gasteiger partial charge in [-0.1, -0.05) is 53.4 Å². The van der Waals surface area contributed by atoms with Gasteiger partial charge in [0.25, 0.3) is 0 Å². The first-order valence-corrected chi connectivity index (χ1v) is 8.14. The highest BCUT2D eigenvalue weighted by atomic mass is 16.2. The van der Waals surface area contributed by atoms with Crippen LogP contribution in [0.5, 0.6) is 0 Å². The van der Waals surface area contributed by atoms with Gasteiger partial charge in [-0.25, -0.2) is 0 Å². The van der Waals surface area contributed by atoms with Gasteiger partial charge in [-0.2, -0.15) is 0 Å². The summed E-state index contributed by atoms with van der Waals surface area (Å²) in [5.41, 5.74) is 0. The van der Waals surface area contributed by atoms with E-state index in [4.69, 9.17) is 0 Å². The van der Waals surface area contributed by atoms with Gasteiger partial charge in [-0.3, -0.25) is 10.1 Å². The Kier molecular flexibility index (Phi) is 4.88. The Morgan fingerprint density at radius 2 is 1.84 bits per heavy atom. The molecule has 3 nitrogen and oxygen atoms in total. The fourth-order valence-corrected chi connectivity index (χ4v) is 3.56. The number of nitrogens with zero attached hydrogens (tertiary/aromatic N) is 1. The first-order chi connectivity index (χ1) is 9.06. The molecule has 0 aromatic rings. The number of hydrogen-bond donors (Lipinski definition) is 1. The van der Waals surface area contributed by atoms with Gasteiger partial charge in [-0.05, 0) is 24.7 Å². The molecule has 19 heavy (non-hydrogen) atoms. The highest BCUT2D eigenvalue weighted by Crippen LogP contribution is 2.31. The van der Waals surface area contributed by atoms with E-state index in [9.17, 15) is 4.79 Å². The van der Waals surface area contributed by atoms with Crippen molar-refractivity contribution in [1.82, 2.24) is 10.2 Å². The molecule has 2 fully saturated rings. The van der Waals surface area contributed by atoms with Crippen LogP contribution < -0.4 is 5.32 Å². The Labute approximate surface area is 118 Å². The zero-order valence-corrected chi connectivity index (χ0v) is 13.0. The number of carbonyl (C=O) groups is 1. The third-order valence-electron chi connectivity index (χ3n) is 4.98. The second-order valence-electron chi connectivity index (χ2n) is 6.76. The van der Waals surface area contributed by atoms with Crippen molar-refractivity contribution in [2.45, 2.75) is 84.5 Å². The van der Waals surface area contributed by atoms with E-state index in [1.807, 2.05) is 0 Å². The highest BCUT2D eigenvalue weighted by molar-refractivity contribution is 5.85. The SMILES string of the molecule is CCC(C)C1NC(C(C)C)N(C2CCCCC2)C1=O. The van der Waals surface area contributed by atoms with Crippen LogP contribution in [0.3, 0.4) is 0 Å². The van der Waals surface area contributed by atoms with Gasteiger partial charge in [0.15, 0.2) is 0 Å². The van der Waals surface area contributed by atoms with E-state index in [2.05, 4.69) is 37.9 Å². The number of amides is 1. The predicted octanol–water partition coefficient (Wildman–Crippen LogP) is 3.15. The van der Waals surface area contributed by atoms with Crippen molar-refractivity contribution in [3.8, 4) is 0 Å². The monoisotopic (exact) mass is 266 g/mol. The van der Waals surface area contributed by atoms with Gasteiger partial charge in [0.05, 0.1) is 12.2 Å². The molecule has 2 rings (SSSR count). The minimum absolute atomic E-state index is 0.0410. The zero-order chi connectivity index (χ0) is 14.0. The van der Waals surface area contributed by atoms with Crippen LogP contribution in [0.2, 0.25) is 0 Å². The van der Waals surface area contributed by atoms with Crippen LogP contribution in [0.4, 0.5) is 0 Å². The molecular weight excluding hydrogens is 236 g/mol. The Hall–Kier alpha value is -0.570. The first-order valence-electron chi connectivity index (χ1n) is 8.14. The molecule has 3 atom stereocenters. The molecular formula is C16H30N2O. The Bertz CT molecular complexity index is 310. The molecule has 0 radical (unpaired) electrons. The van der Waals surface area contributed by atoms with Crippen LogP contribution in [0.15, 0.2) is 0 Å². The Morgan fingerprint density at radius 3 is 2.37 bits per heavy atom. The molecule has 1 amide bonds. The van der Waals surface area contributed by atoms with E-state index in [1.54, 1.807) is 0 Å². The second-order valence-corrected chi connectivity index (χ2v) is 6.76. The average molecular weight is 266 g/mol. The van der Waals surface area contributed by atoms with Crippen molar-refractivity contribution in [3.63, 3.8) is 0 Å². The van der Waals surface area contributed by atoms with Gasteiger partial charge in [0.1, 0.15) is 0 Å². The summed E-state index contributed by atoms with van der Waals surface area (Å²) in [7, 11) is 0. The third kappa shape index (κ3) is 2.96. The van der Waals surface area contributed by atoms with Gasteiger partial charge >= 0.3 is 0 Å². The summed E-state index contributed by atoms with van der Waals surface area (Å²) >= 11 is 0. The lowest BCUT2D eigenvalue weighted by Crippen LogP contribution is -2.48. The van der Waals surface area contributed by atoms with Crippen molar-refractivity contribution in [2.24, 2.45) is 11.8 Å². The molecule has 1 saturated heterocycles. The van der Waals surface area contributed by atoms with Crippen LogP contribution in [0, 0.1) is 11.8 Å². The summed E-state index contributed by atoms with van der Waals surface area (Å²) < 4.78 is 0. The second kappa shape index (κ2) is 6.25. The Balaban J connectivity index is 2.15. The molecule has 3 heteroatoms. The molecule has 2 aliphatic rings. The van der Waals surface area contributed by atoms with Crippen molar-refractivity contribution in [2.75, 3.05) is 0 Å². The molecule has 1 N–H and O–H groups in total. The maximum atomic E-state index is 12.8. The lowest BCUT2D eigenvalue weighted by atomic mass is 9.92. The van der Waals surface area contributed by atoms with Gasteiger partial charge in [0.2, 0.25) is 5.91 Å². The zero-order valence-electron chi connectivity index (χ0n) is 13.0. The smallest absolute Gasteiger partial charge is 0.241 e. The largest absolute Gasteiger partial charge is 0.323 e. The number of nitrogens with one attached hydrogen (secondary N) is 1. The molecule has 1 aliphatic heterocycles. The minimum atomic E-state index is 0.0410. The van der Waals surface area contributed by atoms with Crippen LogP contribution in [-0.2, 0) is 4.79 Å². The van der Waals surface area contributed by atoms with Crippen molar-refractivity contribution in [3.05, 3.63) is 0 Å². The van der Waals surface area contributed by atoms with Crippen LogP contribution in [-0.4, -0.2) is 29.1 Å². The Morgan fingerprint density at radius 1 is 1.21 bits per heavy atom. The standard InChI is InChI=1S/C16H30N2O/c1-5-12(4)14-16(19)18(15(17-14)11(2)3)13-9-7-6-8-10-13/h11-15,17H,5-10H2,1-4H3. The molecule has 0 bridgehead atoms. The van der Waals surface area contributed by atoms with Gasteiger partial charge in [-0.15, -0.1) is 0 Å². The number of rotatable bonds is 4. The van der Waals surface area contributed by atoms with Crippen molar-refractivity contribution < 1.29 is 4.79 Å². The lowest BCUT2D eigenvalue weighted by Gasteiger charge is -2.36. The molecule has 3 unspecified atom stereocenters. The van der Waals surface area contributed by atoms with Crippen LogP contribution >= 0.6 is 0 Å². The number of hydrogen-bond acceptors (Lipinski definition) is 2. The van der Waals surface area contributed by atoms with Crippen LogP contribution in [0.1, 0.15) is 66.2 Å². The van der Waals surface area contributed by atoms with E-state index in [1.165, 1.54) is 32.1 Å². The molecule has 1 aliphatic carbocycles. The normalized spacial score (nSPS) is 31.2. The summed E-state index contributed by atoms with van der Waals surface area (Å²) in [6.45, 7) is 8.81.